The fourth-order valence-electron chi connectivity index (χ4n) is 8.07. The Bertz CT molecular complexity index is 593. The molecule has 26 heavy (non-hydrogen) atoms. The van der Waals surface area contributed by atoms with Crippen molar-refractivity contribution in [3.05, 3.63) is 11.6 Å². The summed E-state index contributed by atoms with van der Waals surface area (Å²) in [6.45, 7) is 7.50. The molecule has 0 heterocycles. The van der Waals surface area contributed by atoms with Gasteiger partial charge in [-0.05, 0) is 91.8 Å². The minimum absolute atomic E-state index is 0.337. The van der Waals surface area contributed by atoms with Crippen LogP contribution in [-0.2, 0) is 4.79 Å². The van der Waals surface area contributed by atoms with E-state index in [0.717, 1.165) is 24.2 Å². The number of allylic oxidation sites excluding steroid dienone is 2. The minimum atomic E-state index is -0.633. The van der Waals surface area contributed by atoms with Crippen molar-refractivity contribution < 1.29 is 9.90 Å². The van der Waals surface area contributed by atoms with Crippen LogP contribution in [0.5, 0.6) is 0 Å². The summed E-state index contributed by atoms with van der Waals surface area (Å²) < 4.78 is 0. The second-order valence-corrected chi connectivity index (χ2v) is 10.6. The van der Waals surface area contributed by atoms with Crippen LogP contribution in [0.1, 0.15) is 91.4 Å². The van der Waals surface area contributed by atoms with Crippen molar-refractivity contribution in [2.24, 2.45) is 40.4 Å². The van der Waals surface area contributed by atoms with Gasteiger partial charge >= 0.3 is 5.97 Å². The Balaban J connectivity index is 1.56. The molecule has 0 unspecified atom stereocenters. The minimum Gasteiger partial charge on any atom is -0.481 e. The number of carboxylic acids is 1. The lowest BCUT2D eigenvalue weighted by atomic mass is 9.48. The van der Waals surface area contributed by atoms with Crippen LogP contribution in [-0.4, -0.2) is 11.1 Å². The molecular weight excluding hydrogens is 320 g/mol. The second kappa shape index (κ2) is 6.67. The molecule has 2 heteroatoms. The van der Waals surface area contributed by atoms with Gasteiger partial charge in [0, 0.05) is 6.42 Å². The first-order valence-electron chi connectivity index (χ1n) is 11.3. The Morgan fingerprint density at radius 1 is 1.12 bits per heavy atom. The maximum atomic E-state index is 11.0. The van der Waals surface area contributed by atoms with E-state index in [1.807, 2.05) is 5.57 Å². The van der Waals surface area contributed by atoms with Crippen LogP contribution in [0.2, 0.25) is 0 Å². The zero-order chi connectivity index (χ0) is 18.5. The molecule has 0 aromatic rings. The molecule has 0 amide bonds. The Hall–Kier alpha value is -0.790. The SMILES string of the molecule is C[C@H](CCC(=O)O)[C@H]1CC[C@H]2C3=CC[C@@H]4CCCC[C@]4(C)[C@H]3CC[C@]12C. The largest absolute Gasteiger partial charge is 0.481 e. The number of carboxylic acid groups (broad SMARTS) is 1. The van der Waals surface area contributed by atoms with Gasteiger partial charge in [0.05, 0.1) is 0 Å². The van der Waals surface area contributed by atoms with Gasteiger partial charge in [-0.2, -0.15) is 0 Å². The maximum absolute atomic E-state index is 11.0. The van der Waals surface area contributed by atoms with Crippen LogP contribution in [0.25, 0.3) is 0 Å². The average molecular weight is 359 g/mol. The second-order valence-electron chi connectivity index (χ2n) is 10.6. The molecule has 0 aromatic carbocycles. The molecule has 7 atom stereocenters. The standard InChI is InChI=1S/C24H38O2/c1-16(7-12-22(25)26)19-10-11-20-18-9-8-17-6-4-5-14-23(17,2)21(18)13-15-24(19,20)3/h9,16-17,19-21H,4-8,10-15H2,1-3H3,(H,25,26)/t16-,17+,19-,20+,21+,23+,24-/m1/s1. The van der Waals surface area contributed by atoms with Crippen molar-refractivity contribution in [2.75, 3.05) is 0 Å². The molecule has 4 aliphatic rings. The van der Waals surface area contributed by atoms with Crippen LogP contribution in [0.15, 0.2) is 11.6 Å². The predicted molar refractivity (Wildman–Crippen MR) is 106 cm³/mol. The fourth-order valence-corrected chi connectivity index (χ4v) is 8.07. The molecule has 0 aliphatic heterocycles. The lowest BCUT2D eigenvalue weighted by molar-refractivity contribution is -0.137. The van der Waals surface area contributed by atoms with Crippen molar-refractivity contribution >= 4 is 5.97 Å². The molecule has 3 fully saturated rings. The molecule has 0 saturated heterocycles. The van der Waals surface area contributed by atoms with Crippen LogP contribution in [0.4, 0.5) is 0 Å². The zero-order valence-electron chi connectivity index (χ0n) is 17.1. The quantitative estimate of drug-likeness (QED) is 0.586. The van der Waals surface area contributed by atoms with E-state index < -0.39 is 5.97 Å². The highest BCUT2D eigenvalue weighted by Crippen LogP contribution is 2.66. The van der Waals surface area contributed by atoms with E-state index in [9.17, 15) is 4.79 Å². The van der Waals surface area contributed by atoms with E-state index in [1.54, 1.807) is 0 Å². The lowest BCUT2D eigenvalue weighted by Gasteiger charge is -2.57. The molecule has 146 valence electrons. The summed E-state index contributed by atoms with van der Waals surface area (Å²) in [5, 5.41) is 9.09. The van der Waals surface area contributed by atoms with Gasteiger partial charge in [-0.15, -0.1) is 0 Å². The normalized spacial score (nSPS) is 45.9. The van der Waals surface area contributed by atoms with Crippen molar-refractivity contribution in [3.63, 3.8) is 0 Å². The first-order valence-corrected chi connectivity index (χ1v) is 11.3. The monoisotopic (exact) mass is 358 g/mol. The van der Waals surface area contributed by atoms with Crippen LogP contribution < -0.4 is 0 Å². The highest BCUT2D eigenvalue weighted by Gasteiger charge is 2.57. The predicted octanol–water partition coefficient (Wildman–Crippen LogP) is 6.46. The smallest absolute Gasteiger partial charge is 0.303 e. The summed E-state index contributed by atoms with van der Waals surface area (Å²) in [4.78, 5) is 11.0. The number of hydrogen-bond acceptors (Lipinski definition) is 1. The fraction of sp³-hybridized carbons (Fsp3) is 0.875. The van der Waals surface area contributed by atoms with Gasteiger partial charge < -0.3 is 5.11 Å². The van der Waals surface area contributed by atoms with E-state index in [4.69, 9.17) is 5.11 Å². The van der Waals surface area contributed by atoms with Crippen molar-refractivity contribution in [1.82, 2.24) is 0 Å². The van der Waals surface area contributed by atoms with Crippen LogP contribution >= 0.6 is 0 Å². The number of fused-ring (bicyclic) bond motifs is 5. The third-order valence-electron chi connectivity index (χ3n) is 9.57. The number of carbonyl (C=O) groups is 1. The lowest BCUT2D eigenvalue weighted by Crippen LogP contribution is -2.48. The summed E-state index contributed by atoms with van der Waals surface area (Å²) in [5.74, 6) is 3.17. The van der Waals surface area contributed by atoms with Gasteiger partial charge in [0.25, 0.3) is 0 Å². The molecular formula is C24H38O2. The van der Waals surface area contributed by atoms with Gasteiger partial charge in [-0.25, -0.2) is 0 Å². The molecule has 0 aromatic heterocycles. The van der Waals surface area contributed by atoms with Gasteiger partial charge in [-0.1, -0.05) is 45.3 Å². The molecule has 2 nitrogen and oxygen atoms in total. The maximum Gasteiger partial charge on any atom is 0.303 e. The van der Waals surface area contributed by atoms with Crippen molar-refractivity contribution in [3.8, 4) is 0 Å². The summed E-state index contributed by atoms with van der Waals surface area (Å²) in [6, 6.07) is 0. The summed E-state index contributed by atoms with van der Waals surface area (Å²) in [6.07, 6.45) is 16.4. The van der Waals surface area contributed by atoms with Crippen LogP contribution in [0.3, 0.4) is 0 Å². The third-order valence-corrected chi connectivity index (χ3v) is 9.57. The topological polar surface area (TPSA) is 37.3 Å². The van der Waals surface area contributed by atoms with Crippen molar-refractivity contribution in [2.45, 2.75) is 91.4 Å². The molecule has 0 spiro atoms. The highest BCUT2D eigenvalue weighted by molar-refractivity contribution is 5.66. The summed E-state index contributed by atoms with van der Waals surface area (Å²) in [7, 11) is 0. The Morgan fingerprint density at radius 3 is 2.65 bits per heavy atom. The van der Waals surface area contributed by atoms with Crippen molar-refractivity contribution in [1.29, 1.82) is 0 Å². The van der Waals surface area contributed by atoms with E-state index in [-0.39, 0.29) is 0 Å². The van der Waals surface area contributed by atoms with E-state index in [0.29, 0.717) is 29.1 Å². The molecule has 4 rings (SSSR count). The van der Waals surface area contributed by atoms with E-state index in [2.05, 4.69) is 26.8 Å². The van der Waals surface area contributed by atoms with E-state index in [1.165, 1.54) is 57.8 Å². The average Bonchev–Trinajstić information content (AvgIpc) is 2.96. The number of hydrogen-bond donors (Lipinski definition) is 1. The van der Waals surface area contributed by atoms with Gasteiger partial charge in [-0.3, -0.25) is 4.79 Å². The van der Waals surface area contributed by atoms with Gasteiger partial charge in [0.2, 0.25) is 0 Å². The molecule has 1 N–H and O–H groups in total. The summed E-state index contributed by atoms with van der Waals surface area (Å²) in [5.41, 5.74) is 2.82. The number of rotatable bonds is 4. The third kappa shape index (κ3) is 2.78. The molecule has 4 aliphatic carbocycles. The summed E-state index contributed by atoms with van der Waals surface area (Å²) >= 11 is 0. The molecule has 3 saturated carbocycles. The van der Waals surface area contributed by atoms with Gasteiger partial charge in [0.15, 0.2) is 0 Å². The highest BCUT2D eigenvalue weighted by atomic mass is 16.4. The zero-order valence-corrected chi connectivity index (χ0v) is 17.1. The molecule has 0 radical (unpaired) electrons. The van der Waals surface area contributed by atoms with E-state index >= 15 is 0 Å². The van der Waals surface area contributed by atoms with Gasteiger partial charge in [0.1, 0.15) is 0 Å². The first-order chi connectivity index (χ1) is 12.4. The Morgan fingerprint density at radius 2 is 1.88 bits per heavy atom. The molecule has 0 bridgehead atoms. The Kier molecular flexibility index (Phi) is 4.77. The first kappa shape index (κ1) is 18.6. The van der Waals surface area contributed by atoms with Crippen LogP contribution in [0, 0.1) is 40.4 Å². The number of aliphatic carboxylic acids is 1. The Labute approximate surface area is 159 Å².